The summed E-state index contributed by atoms with van der Waals surface area (Å²) in [7, 11) is 1.41. The Morgan fingerprint density at radius 3 is 2.70 bits per heavy atom. The molecule has 2 aromatic carbocycles. The molecule has 0 bridgehead atoms. The summed E-state index contributed by atoms with van der Waals surface area (Å²) in [5.41, 5.74) is 0.818. The highest BCUT2D eigenvalue weighted by atomic mass is 19.1. The molecule has 0 saturated heterocycles. The molecule has 1 N–H and O–H groups in total. The standard InChI is InChI=1S/C15H13FO4/c1-19-14-7-10(9-17)5-6-13(14)15(18)20-12-4-2-3-11(16)8-12/h2-8,17H,9H2,1H3. The van der Waals surface area contributed by atoms with Crippen LogP contribution in [0.3, 0.4) is 0 Å². The zero-order chi connectivity index (χ0) is 14.5. The number of carbonyl (C=O) groups excluding carboxylic acids is 1. The van der Waals surface area contributed by atoms with Crippen LogP contribution in [-0.2, 0) is 6.61 Å². The van der Waals surface area contributed by atoms with Gasteiger partial charge in [0.05, 0.1) is 13.7 Å². The Labute approximate surface area is 115 Å². The second-order valence-corrected chi connectivity index (χ2v) is 4.04. The number of esters is 1. The number of halogens is 1. The van der Waals surface area contributed by atoms with Crippen molar-refractivity contribution >= 4 is 5.97 Å². The van der Waals surface area contributed by atoms with Crippen molar-refractivity contribution in [3.8, 4) is 11.5 Å². The zero-order valence-corrected chi connectivity index (χ0v) is 10.8. The van der Waals surface area contributed by atoms with Gasteiger partial charge in [-0.3, -0.25) is 0 Å². The Kier molecular flexibility index (Phi) is 4.32. The largest absolute Gasteiger partial charge is 0.496 e. The van der Waals surface area contributed by atoms with Gasteiger partial charge in [-0.1, -0.05) is 12.1 Å². The number of methoxy groups -OCH3 is 1. The van der Waals surface area contributed by atoms with E-state index in [1.807, 2.05) is 0 Å². The minimum absolute atomic E-state index is 0.114. The molecule has 0 amide bonds. The van der Waals surface area contributed by atoms with Crippen LogP contribution in [0.1, 0.15) is 15.9 Å². The molecule has 0 aliphatic rings. The number of rotatable bonds is 4. The van der Waals surface area contributed by atoms with E-state index in [4.69, 9.17) is 14.6 Å². The molecule has 2 rings (SSSR count). The Morgan fingerprint density at radius 2 is 2.05 bits per heavy atom. The van der Waals surface area contributed by atoms with Gasteiger partial charge < -0.3 is 14.6 Å². The van der Waals surface area contributed by atoms with Crippen molar-refractivity contribution in [2.75, 3.05) is 7.11 Å². The minimum atomic E-state index is -0.656. The summed E-state index contributed by atoms with van der Waals surface area (Å²) in [5, 5.41) is 9.04. The fourth-order valence-corrected chi connectivity index (χ4v) is 1.70. The minimum Gasteiger partial charge on any atom is -0.496 e. The van der Waals surface area contributed by atoms with Crippen LogP contribution in [0.25, 0.3) is 0 Å². The average Bonchev–Trinajstić information content (AvgIpc) is 2.46. The van der Waals surface area contributed by atoms with Crippen LogP contribution in [0, 0.1) is 5.82 Å². The lowest BCUT2D eigenvalue weighted by Gasteiger charge is -2.09. The van der Waals surface area contributed by atoms with Gasteiger partial charge >= 0.3 is 5.97 Å². The van der Waals surface area contributed by atoms with Crippen LogP contribution in [0.5, 0.6) is 11.5 Å². The van der Waals surface area contributed by atoms with E-state index in [2.05, 4.69) is 0 Å². The second kappa shape index (κ2) is 6.16. The second-order valence-electron chi connectivity index (χ2n) is 4.04. The van der Waals surface area contributed by atoms with Gasteiger partial charge in [-0.05, 0) is 29.8 Å². The summed E-state index contributed by atoms with van der Waals surface area (Å²) in [4.78, 5) is 12.0. The maximum atomic E-state index is 13.0. The van der Waals surface area contributed by atoms with Gasteiger partial charge in [-0.25, -0.2) is 9.18 Å². The van der Waals surface area contributed by atoms with Gasteiger partial charge in [0.15, 0.2) is 0 Å². The lowest BCUT2D eigenvalue weighted by Crippen LogP contribution is -2.10. The molecule has 0 fully saturated rings. The molecular formula is C15H13FO4. The van der Waals surface area contributed by atoms with Gasteiger partial charge in [0.2, 0.25) is 0 Å². The van der Waals surface area contributed by atoms with Crippen LogP contribution < -0.4 is 9.47 Å². The normalized spacial score (nSPS) is 10.2. The fraction of sp³-hybridized carbons (Fsp3) is 0.133. The van der Waals surface area contributed by atoms with E-state index >= 15 is 0 Å². The number of hydrogen-bond donors (Lipinski definition) is 1. The molecule has 0 radical (unpaired) electrons. The molecule has 0 saturated carbocycles. The van der Waals surface area contributed by atoms with E-state index in [0.29, 0.717) is 5.56 Å². The first kappa shape index (κ1) is 14.0. The van der Waals surface area contributed by atoms with Gasteiger partial charge in [-0.15, -0.1) is 0 Å². The van der Waals surface area contributed by atoms with Crippen LogP contribution in [0.2, 0.25) is 0 Å². The highest BCUT2D eigenvalue weighted by Crippen LogP contribution is 2.22. The maximum Gasteiger partial charge on any atom is 0.347 e. The Hall–Kier alpha value is -2.40. The van der Waals surface area contributed by atoms with E-state index in [1.54, 1.807) is 12.1 Å². The molecule has 0 spiro atoms. The third-order valence-corrected chi connectivity index (χ3v) is 2.68. The van der Waals surface area contributed by atoms with Crippen molar-refractivity contribution in [3.63, 3.8) is 0 Å². The first-order valence-electron chi connectivity index (χ1n) is 5.89. The summed E-state index contributed by atoms with van der Waals surface area (Å²) < 4.78 is 23.2. The lowest BCUT2D eigenvalue weighted by molar-refractivity contribution is 0.0731. The summed E-state index contributed by atoms with van der Waals surface area (Å²) in [6.45, 7) is -0.157. The van der Waals surface area contributed by atoms with Crippen molar-refractivity contribution < 1.29 is 23.8 Å². The highest BCUT2D eigenvalue weighted by molar-refractivity contribution is 5.94. The Bertz CT molecular complexity index is 625. The third-order valence-electron chi connectivity index (χ3n) is 2.68. The van der Waals surface area contributed by atoms with Crippen LogP contribution >= 0.6 is 0 Å². The van der Waals surface area contributed by atoms with Gasteiger partial charge in [-0.2, -0.15) is 0 Å². The highest BCUT2D eigenvalue weighted by Gasteiger charge is 2.15. The number of hydrogen-bond acceptors (Lipinski definition) is 4. The summed E-state index contributed by atoms with van der Waals surface area (Å²) >= 11 is 0. The SMILES string of the molecule is COc1cc(CO)ccc1C(=O)Oc1cccc(F)c1. The maximum absolute atomic E-state index is 13.0. The Morgan fingerprint density at radius 1 is 1.25 bits per heavy atom. The molecule has 0 atom stereocenters. The van der Waals surface area contributed by atoms with Gasteiger partial charge in [0, 0.05) is 6.07 Å². The fourth-order valence-electron chi connectivity index (χ4n) is 1.70. The number of aliphatic hydroxyl groups is 1. The molecule has 0 heterocycles. The molecule has 5 heteroatoms. The van der Waals surface area contributed by atoms with Crippen LogP contribution in [0.15, 0.2) is 42.5 Å². The molecule has 20 heavy (non-hydrogen) atoms. The van der Waals surface area contributed by atoms with Crippen molar-refractivity contribution in [3.05, 3.63) is 59.4 Å². The lowest BCUT2D eigenvalue weighted by atomic mass is 10.1. The summed E-state index contributed by atoms with van der Waals surface area (Å²) in [6, 6.07) is 9.93. The van der Waals surface area contributed by atoms with E-state index < -0.39 is 11.8 Å². The van der Waals surface area contributed by atoms with Gasteiger partial charge in [0.1, 0.15) is 22.9 Å². The summed E-state index contributed by atoms with van der Waals surface area (Å²) in [5.74, 6) is -0.740. The molecule has 104 valence electrons. The average molecular weight is 276 g/mol. The smallest absolute Gasteiger partial charge is 0.347 e. The number of carbonyl (C=O) groups is 1. The van der Waals surface area contributed by atoms with Crippen molar-refractivity contribution in [1.29, 1.82) is 0 Å². The van der Waals surface area contributed by atoms with Crippen LogP contribution in [0.4, 0.5) is 4.39 Å². The number of benzene rings is 2. The first-order chi connectivity index (χ1) is 9.63. The Balaban J connectivity index is 2.25. The van der Waals surface area contributed by atoms with Crippen molar-refractivity contribution in [1.82, 2.24) is 0 Å². The van der Waals surface area contributed by atoms with Crippen molar-refractivity contribution in [2.24, 2.45) is 0 Å². The molecule has 0 aliphatic carbocycles. The molecule has 2 aromatic rings. The predicted molar refractivity (Wildman–Crippen MR) is 70.3 cm³/mol. The first-order valence-corrected chi connectivity index (χ1v) is 5.89. The van der Waals surface area contributed by atoms with E-state index in [1.165, 1.54) is 31.4 Å². The van der Waals surface area contributed by atoms with Gasteiger partial charge in [0.25, 0.3) is 0 Å². The zero-order valence-electron chi connectivity index (χ0n) is 10.8. The topological polar surface area (TPSA) is 55.8 Å². The van der Waals surface area contributed by atoms with Crippen LogP contribution in [-0.4, -0.2) is 18.2 Å². The monoisotopic (exact) mass is 276 g/mol. The molecule has 0 aromatic heterocycles. The van der Waals surface area contributed by atoms with E-state index in [-0.39, 0.29) is 23.7 Å². The van der Waals surface area contributed by atoms with E-state index in [0.717, 1.165) is 6.07 Å². The summed E-state index contributed by atoms with van der Waals surface area (Å²) in [6.07, 6.45) is 0. The quantitative estimate of drug-likeness (QED) is 0.688. The predicted octanol–water partition coefficient (Wildman–Crippen LogP) is 2.55. The molecular weight excluding hydrogens is 263 g/mol. The number of aliphatic hydroxyl groups excluding tert-OH is 1. The molecule has 4 nitrogen and oxygen atoms in total. The third kappa shape index (κ3) is 3.13. The van der Waals surface area contributed by atoms with Crippen molar-refractivity contribution in [2.45, 2.75) is 6.61 Å². The molecule has 0 unspecified atom stereocenters. The number of ether oxygens (including phenoxy) is 2. The van der Waals surface area contributed by atoms with E-state index in [9.17, 15) is 9.18 Å². The molecule has 0 aliphatic heterocycles.